The number of carbonyl (C=O) groups is 2. The first kappa shape index (κ1) is 15.9. The molecule has 1 aliphatic carbocycles. The summed E-state index contributed by atoms with van der Waals surface area (Å²) in [5.74, 6) is -0.234. The van der Waals surface area contributed by atoms with Crippen molar-refractivity contribution in [3.05, 3.63) is 69.9 Å². The normalized spacial score (nSPS) is 13.3. The van der Waals surface area contributed by atoms with Crippen LogP contribution in [0.5, 0.6) is 0 Å². The summed E-state index contributed by atoms with van der Waals surface area (Å²) in [5, 5.41) is 1.57. The lowest BCUT2D eigenvalue weighted by Gasteiger charge is -2.11. The highest BCUT2D eigenvalue weighted by molar-refractivity contribution is 6.31. The first-order valence-electron chi connectivity index (χ1n) is 8.10. The summed E-state index contributed by atoms with van der Waals surface area (Å²) in [4.78, 5) is 24.3. The van der Waals surface area contributed by atoms with Crippen LogP contribution in [0.15, 0.2) is 42.5 Å². The number of ether oxygens (including phenoxy) is 1. The quantitative estimate of drug-likeness (QED) is 0.661. The monoisotopic (exact) mass is 353 g/mol. The standard InChI is InChI=1S/C20H16ClNO3/c1-25-20(24)12-6-7-14-17(10-12)22(16-8-9-18(23)19(14)16)11-13-4-2-3-5-15(13)21/h2-7,10H,8-9,11H2,1H3. The summed E-state index contributed by atoms with van der Waals surface area (Å²) in [6.07, 6.45) is 1.24. The van der Waals surface area contributed by atoms with Gasteiger partial charge in [0.25, 0.3) is 0 Å². The number of rotatable bonds is 3. The molecule has 0 N–H and O–H groups in total. The number of benzene rings is 2. The van der Waals surface area contributed by atoms with Crippen LogP contribution in [0.25, 0.3) is 10.9 Å². The van der Waals surface area contributed by atoms with Crippen LogP contribution in [0.2, 0.25) is 5.02 Å². The Morgan fingerprint density at radius 3 is 2.76 bits per heavy atom. The Hall–Kier alpha value is -2.59. The zero-order valence-corrected chi connectivity index (χ0v) is 14.5. The van der Waals surface area contributed by atoms with E-state index in [2.05, 4.69) is 4.57 Å². The van der Waals surface area contributed by atoms with Gasteiger partial charge in [0.05, 0.1) is 18.2 Å². The van der Waals surface area contributed by atoms with E-state index in [4.69, 9.17) is 16.3 Å². The number of nitrogens with zero attached hydrogens (tertiary/aromatic N) is 1. The van der Waals surface area contributed by atoms with Crippen molar-refractivity contribution in [1.29, 1.82) is 0 Å². The van der Waals surface area contributed by atoms with Gasteiger partial charge in [-0.15, -0.1) is 0 Å². The molecule has 0 aliphatic heterocycles. The van der Waals surface area contributed by atoms with Crippen molar-refractivity contribution in [2.24, 2.45) is 0 Å². The Morgan fingerprint density at radius 2 is 2.00 bits per heavy atom. The molecule has 4 rings (SSSR count). The highest BCUT2D eigenvalue weighted by Crippen LogP contribution is 2.35. The van der Waals surface area contributed by atoms with E-state index in [-0.39, 0.29) is 11.8 Å². The molecule has 126 valence electrons. The Balaban J connectivity index is 1.93. The van der Waals surface area contributed by atoms with E-state index in [1.54, 1.807) is 12.1 Å². The molecule has 1 heterocycles. The number of Topliss-reactive ketones (excluding diaryl/α,β-unsaturated/α-hetero) is 1. The Labute approximate surface area is 150 Å². The molecule has 0 bridgehead atoms. The summed E-state index contributed by atoms with van der Waals surface area (Å²) in [7, 11) is 1.36. The van der Waals surface area contributed by atoms with Crippen LogP contribution in [-0.4, -0.2) is 23.4 Å². The smallest absolute Gasteiger partial charge is 0.337 e. The van der Waals surface area contributed by atoms with Gasteiger partial charge in [-0.1, -0.05) is 35.9 Å². The fraction of sp³-hybridized carbons (Fsp3) is 0.200. The number of halogens is 1. The van der Waals surface area contributed by atoms with Gasteiger partial charge < -0.3 is 9.30 Å². The number of hydrogen-bond donors (Lipinski definition) is 0. The van der Waals surface area contributed by atoms with Gasteiger partial charge in [-0.25, -0.2) is 4.79 Å². The number of fused-ring (bicyclic) bond motifs is 3. The van der Waals surface area contributed by atoms with Gasteiger partial charge in [0.15, 0.2) is 5.78 Å². The van der Waals surface area contributed by atoms with Crippen molar-refractivity contribution >= 4 is 34.3 Å². The Kier molecular flexibility index (Phi) is 3.85. The molecule has 0 spiro atoms. The Morgan fingerprint density at radius 1 is 1.20 bits per heavy atom. The number of methoxy groups -OCH3 is 1. The molecule has 3 aromatic rings. The number of carbonyl (C=O) groups excluding carboxylic acids is 2. The molecule has 25 heavy (non-hydrogen) atoms. The molecule has 4 nitrogen and oxygen atoms in total. The van der Waals surface area contributed by atoms with E-state index in [0.29, 0.717) is 30.0 Å². The second kappa shape index (κ2) is 6.05. The molecular weight excluding hydrogens is 338 g/mol. The van der Waals surface area contributed by atoms with E-state index >= 15 is 0 Å². The van der Waals surface area contributed by atoms with Crippen molar-refractivity contribution in [3.8, 4) is 0 Å². The molecule has 0 amide bonds. The third-order valence-corrected chi connectivity index (χ3v) is 5.12. The lowest BCUT2D eigenvalue weighted by atomic mass is 10.1. The van der Waals surface area contributed by atoms with Crippen LogP contribution in [-0.2, 0) is 17.7 Å². The minimum Gasteiger partial charge on any atom is -0.465 e. The largest absolute Gasteiger partial charge is 0.465 e. The molecule has 5 heteroatoms. The fourth-order valence-electron chi connectivity index (χ4n) is 3.55. The number of aromatic nitrogens is 1. The van der Waals surface area contributed by atoms with Crippen molar-refractivity contribution in [2.75, 3.05) is 7.11 Å². The molecule has 2 aromatic carbocycles. The van der Waals surface area contributed by atoms with Gasteiger partial charge in [-0.3, -0.25) is 4.79 Å². The van der Waals surface area contributed by atoms with Gasteiger partial charge in [-0.05, 0) is 30.2 Å². The zero-order valence-electron chi connectivity index (χ0n) is 13.7. The van der Waals surface area contributed by atoms with E-state index in [9.17, 15) is 9.59 Å². The predicted octanol–water partition coefficient (Wildman–Crippen LogP) is 4.26. The number of ketones is 1. The molecular formula is C20H16ClNO3. The van der Waals surface area contributed by atoms with Crippen molar-refractivity contribution in [3.63, 3.8) is 0 Å². The van der Waals surface area contributed by atoms with E-state index < -0.39 is 0 Å². The van der Waals surface area contributed by atoms with E-state index in [0.717, 1.165) is 27.7 Å². The van der Waals surface area contributed by atoms with Crippen molar-refractivity contribution in [2.45, 2.75) is 19.4 Å². The van der Waals surface area contributed by atoms with Crippen LogP contribution in [0.3, 0.4) is 0 Å². The summed E-state index contributed by atoms with van der Waals surface area (Å²) in [6, 6.07) is 13.0. The van der Waals surface area contributed by atoms with E-state index in [1.165, 1.54) is 7.11 Å². The number of esters is 1. The first-order chi connectivity index (χ1) is 12.1. The van der Waals surface area contributed by atoms with Gasteiger partial charge >= 0.3 is 5.97 Å². The highest BCUT2D eigenvalue weighted by atomic mass is 35.5. The van der Waals surface area contributed by atoms with Crippen LogP contribution in [0.1, 0.15) is 38.4 Å². The minimum atomic E-state index is -0.390. The highest BCUT2D eigenvalue weighted by Gasteiger charge is 2.28. The summed E-state index contributed by atoms with van der Waals surface area (Å²) < 4.78 is 6.93. The molecule has 1 aromatic heterocycles. The summed E-state index contributed by atoms with van der Waals surface area (Å²) >= 11 is 6.32. The summed E-state index contributed by atoms with van der Waals surface area (Å²) in [6.45, 7) is 0.559. The average molecular weight is 354 g/mol. The van der Waals surface area contributed by atoms with Crippen LogP contribution < -0.4 is 0 Å². The van der Waals surface area contributed by atoms with Crippen molar-refractivity contribution < 1.29 is 14.3 Å². The SMILES string of the molecule is COC(=O)c1ccc2c3c(n(Cc4ccccc4Cl)c2c1)CCC3=O. The number of hydrogen-bond acceptors (Lipinski definition) is 3. The summed E-state index contributed by atoms with van der Waals surface area (Å²) in [5.41, 5.74) is 4.10. The zero-order chi connectivity index (χ0) is 17.6. The van der Waals surface area contributed by atoms with E-state index in [1.807, 2.05) is 30.3 Å². The van der Waals surface area contributed by atoms with Gasteiger partial charge in [-0.2, -0.15) is 0 Å². The predicted molar refractivity (Wildman–Crippen MR) is 96.5 cm³/mol. The lowest BCUT2D eigenvalue weighted by Crippen LogP contribution is -2.05. The molecule has 0 atom stereocenters. The third-order valence-electron chi connectivity index (χ3n) is 4.75. The maximum absolute atomic E-state index is 12.4. The molecule has 0 saturated heterocycles. The van der Waals surface area contributed by atoms with Gasteiger partial charge in [0.2, 0.25) is 0 Å². The molecule has 0 radical (unpaired) electrons. The lowest BCUT2D eigenvalue weighted by molar-refractivity contribution is 0.0600. The van der Waals surface area contributed by atoms with Crippen LogP contribution in [0, 0.1) is 0 Å². The topological polar surface area (TPSA) is 48.3 Å². The molecule has 0 unspecified atom stereocenters. The fourth-order valence-corrected chi connectivity index (χ4v) is 3.75. The van der Waals surface area contributed by atoms with Crippen molar-refractivity contribution in [1.82, 2.24) is 4.57 Å². The molecule has 0 fully saturated rings. The van der Waals surface area contributed by atoms with Gasteiger partial charge in [0.1, 0.15) is 0 Å². The minimum absolute atomic E-state index is 0.156. The molecule has 0 saturated carbocycles. The van der Waals surface area contributed by atoms with Crippen LogP contribution >= 0.6 is 11.6 Å². The first-order valence-corrected chi connectivity index (χ1v) is 8.48. The maximum Gasteiger partial charge on any atom is 0.337 e. The molecule has 1 aliphatic rings. The Bertz CT molecular complexity index is 1020. The third kappa shape index (κ3) is 2.53. The average Bonchev–Trinajstić information content (AvgIpc) is 3.15. The second-order valence-electron chi connectivity index (χ2n) is 6.15. The van der Waals surface area contributed by atoms with Gasteiger partial charge in [0, 0.05) is 34.6 Å². The van der Waals surface area contributed by atoms with Crippen LogP contribution in [0.4, 0.5) is 0 Å². The maximum atomic E-state index is 12.4. The second-order valence-corrected chi connectivity index (χ2v) is 6.55.